The second-order valence-corrected chi connectivity index (χ2v) is 5.56. The van der Waals surface area contributed by atoms with Crippen LogP contribution in [-0.2, 0) is 15.0 Å². The summed E-state index contributed by atoms with van der Waals surface area (Å²) in [6.45, 7) is 1.87. The van der Waals surface area contributed by atoms with Gasteiger partial charge in [0.2, 0.25) is 11.8 Å². The van der Waals surface area contributed by atoms with Crippen molar-refractivity contribution in [2.45, 2.75) is 18.8 Å². The molecule has 21 heavy (non-hydrogen) atoms. The first kappa shape index (κ1) is 12.2. The zero-order valence-electron chi connectivity index (χ0n) is 11.2. The van der Waals surface area contributed by atoms with E-state index < -0.39 is 17.1 Å². The lowest BCUT2D eigenvalue weighted by atomic mass is 9.77. The van der Waals surface area contributed by atoms with Gasteiger partial charge in [0.15, 0.2) is 0 Å². The molecule has 4 rings (SSSR count). The summed E-state index contributed by atoms with van der Waals surface area (Å²) in [5.41, 5.74) is 2.35. The lowest BCUT2D eigenvalue weighted by Gasteiger charge is -2.22. The molecule has 0 bridgehead atoms. The van der Waals surface area contributed by atoms with Crippen LogP contribution in [0.3, 0.4) is 0 Å². The number of carbonyl (C=O) groups is 2. The van der Waals surface area contributed by atoms with Gasteiger partial charge in [-0.2, -0.15) is 0 Å². The maximum atomic E-state index is 13.7. The van der Waals surface area contributed by atoms with Crippen molar-refractivity contribution in [1.29, 1.82) is 0 Å². The van der Waals surface area contributed by atoms with Gasteiger partial charge in [-0.3, -0.25) is 19.9 Å². The molecule has 1 fully saturated rings. The molecule has 1 saturated heterocycles. The Hall–Kier alpha value is -2.56. The summed E-state index contributed by atoms with van der Waals surface area (Å²) >= 11 is 0. The standard InChI is InChI=1S/C16H11FN2O2/c1-8-4-12-14(18-7-8)10-3-2-9(17)5-11(10)16(12)6-13(20)19-15(16)21/h2-5,7H,6H2,1H3,(H,19,20,21). The van der Waals surface area contributed by atoms with Crippen LogP contribution in [0.4, 0.5) is 4.39 Å². The second-order valence-electron chi connectivity index (χ2n) is 5.56. The second kappa shape index (κ2) is 3.75. The molecule has 1 aliphatic heterocycles. The monoisotopic (exact) mass is 282 g/mol. The molecule has 1 N–H and O–H groups in total. The van der Waals surface area contributed by atoms with Crippen LogP contribution in [-0.4, -0.2) is 16.8 Å². The number of nitrogens with zero attached hydrogens (tertiary/aromatic N) is 1. The lowest BCUT2D eigenvalue weighted by Crippen LogP contribution is -2.35. The molecule has 2 aromatic rings. The molecule has 0 saturated carbocycles. The van der Waals surface area contributed by atoms with Crippen LogP contribution >= 0.6 is 0 Å². The lowest BCUT2D eigenvalue weighted by molar-refractivity contribution is -0.125. The molecule has 1 atom stereocenters. The average molecular weight is 282 g/mol. The first-order valence-electron chi connectivity index (χ1n) is 6.64. The predicted molar refractivity (Wildman–Crippen MR) is 72.9 cm³/mol. The smallest absolute Gasteiger partial charge is 0.242 e. The average Bonchev–Trinajstić information content (AvgIpc) is 2.87. The normalized spacial score (nSPS) is 22.4. The minimum absolute atomic E-state index is 0.000417. The van der Waals surface area contributed by atoms with Crippen molar-refractivity contribution in [3.05, 3.63) is 53.0 Å². The maximum Gasteiger partial charge on any atom is 0.242 e. The maximum absolute atomic E-state index is 13.7. The van der Waals surface area contributed by atoms with Crippen LogP contribution in [0.2, 0.25) is 0 Å². The molecule has 1 aliphatic carbocycles. The molecule has 1 aromatic carbocycles. The van der Waals surface area contributed by atoms with Crippen molar-refractivity contribution >= 4 is 11.8 Å². The van der Waals surface area contributed by atoms with Gasteiger partial charge >= 0.3 is 0 Å². The Kier molecular flexibility index (Phi) is 2.18. The Morgan fingerprint density at radius 2 is 2.05 bits per heavy atom. The summed E-state index contributed by atoms with van der Waals surface area (Å²) in [6, 6.07) is 6.16. The summed E-state index contributed by atoms with van der Waals surface area (Å²) in [5, 5.41) is 2.34. The Morgan fingerprint density at radius 3 is 2.76 bits per heavy atom. The van der Waals surface area contributed by atoms with Gasteiger partial charge in [-0.15, -0.1) is 0 Å². The number of hydrogen-bond donors (Lipinski definition) is 1. The molecule has 2 heterocycles. The minimum atomic E-state index is -1.14. The van der Waals surface area contributed by atoms with Crippen LogP contribution in [0, 0.1) is 12.7 Å². The van der Waals surface area contributed by atoms with E-state index in [4.69, 9.17) is 0 Å². The fourth-order valence-corrected chi connectivity index (χ4v) is 3.36. The largest absolute Gasteiger partial charge is 0.295 e. The molecular formula is C16H11FN2O2. The van der Waals surface area contributed by atoms with E-state index in [9.17, 15) is 14.0 Å². The van der Waals surface area contributed by atoms with E-state index in [1.807, 2.05) is 13.0 Å². The van der Waals surface area contributed by atoms with Crippen LogP contribution in [0.1, 0.15) is 23.1 Å². The van der Waals surface area contributed by atoms with Crippen molar-refractivity contribution in [2.75, 3.05) is 0 Å². The summed E-state index contributed by atoms with van der Waals surface area (Å²) in [7, 11) is 0. The zero-order valence-corrected chi connectivity index (χ0v) is 11.2. The number of halogens is 1. The first-order valence-corrected chi connectivity index (χ1v) is 6.64. The summed E-state index contributed by atoms with van der Waals surface area (Å²) in [4.78, 5) is 28.6. The number of fused-ring (bicyclic) bond motifs is 5. The molecule has 5 heteroatoms. The van der Waals surface area contributed by atoms with E-state index >= 15 is 0 Å². The number of imide groups is 1. The highest BCUT2D eigenvalue weighted by molar-refractivity contribution is 6.14. The van der Waals surface area contributed by atoms with Crippen molar-refractivity contribution in [2.24, 2.45) is 0 Å². The third-order valence-corrected chi connectivity index (χ3v) is 4.25. The van der Waals surface area contributed by atoms with E-state index in [2.05, 4.69) is 10.3 Å². The zero-order chi connectivity index (χ0) is 14.8. The van der Waals surface area contributed by atoms with E-state index in [-0.39, 0.29) is 12.3 Å². The van der Waals surface area contributed by atoms with Gasteiger partial charge in [-0.25, -0.2) is 4.39 Å². The quantitative estimate of drug-likeness (QED) is 0.750. The molecule has 0 radical (unpaired) electrons. The topological polar surface area (TPSA) is 59.1 Å². The number of amides is 2. The predicted octanol–water partition coefficient (Wildman–Crippen LogP) is 1.84. The molecule has 1 aromatic heterocycles. The van der Waals surface area contributed by atoms with E-state index in [0.717, 1.165) is 11.1 Å². The van der Waals surface area contributed by atoms with Gasteiger partial charge in [-0.05, 0) is 41.8 Å². The molecule has 2 amide bonds. The van der Waals surface area contributed by atoms with Gasteiger partial charge < -0.3 is 0 Å². The van der Waals surface area contributed by atoms with E-state index in [0.29, 0.717) is 16.8 Å². The van der Waals surface area contributed by atoms with Crippen molar-refractivity contribution in [3.63, 3.8) is 0 Å². The molecule has 1 unspecified atom stereocenters. The number of rotatable bonds is 0. The molecule has 104 valence electrons. The number of benzene rings is 1. The van der Waals surface area contributed by atoms with Crippen molar-refractivity contribution in [1.82, 2.24) is 10.3 Å². The van der Waals surface area contributed by atoms with Gasteiger partial charge in [-0.1, -0.05) is 6.07 Å². The summed E-state index contributed by atoms with van der Waals surface area (Å²) < 4.78 is 13.7. The van der Waals surface area contributed by atoms with Crippen LogP contribution in [0.25, 0.3) is 11.3 Å². The molecule has 1 spiro atoms. The van der Waals surface area contributed by atoms with Crippen LogP contribution < -0.4 is 5.32 Å². The third kappa shape index (κ3) is 1.40. The van der Waals surface area contributed by atoms with E-state index in [1.165, 1.54) is 12.1 Å². The number of hydrogen-bond acceptors (Lipinski definition) is 3. The van der Waals surface area contributed by atoms with Crippen molar-refractivity contribution < 1.29 is 14.0 Å². The number of pyridine rings is 1. The number of nitrogens with one attached hydrogen (secondary N) is 1. The number of carbonyl (C=O) groups excluding carboxylic acids is 2. The summed E-state index contributed by atoms with van der Waals surface area (Å²) in [5.74, 6) is -1.17. The van der Waals surface area contributed by atoms with Crippen molar-refractivity contribution in [3.8, 4) is 11.3 Å². The fraction of sp³-hybridized carbons (Fsp3) is 0.188. The molecular weight excluding hydrogens is 271 g/mol. The SMILES string of the molecule is Cc1cnc2c(c1)C1(CC(=O)NC1=O)c1cc(F)ccc1-2. The summed E-state index contributed by atoms with van der Waals surface area (Å²) in [6.07, 6.45) is 1.71. The Bertz CT molecular complexity index is 778. The van der Waals surface area contributed by atoms with E-state index in [1.54, 1.807) is 12.3 Å². The van der Waals surface area contributed by atoms with Crippen LogP contribution in [0.15, 0.2) is 30.5 Å². The number of aryl methyl sites for hydroxylation is 1. The fourth-order valence-electron chi connectivity index (χ4n) is 3.36. The van der Waals surface area contributed by atoms with Gasteiger partial charge in [0.25, 0.3) is 0 Å². The Labute approximate surface area is 120 Å². The van der Waals surface area contributed by atoms with Gasteiger partial charge in [0.1, 0.15) is 11.2 Å². The van der Waals surface area contributed by atoms with Crippen LogP contribution in [0.5, 0.6) is 0 Å². The molecule has 4 nitrogen and oxygen atoms in total. The highest BCUT2D eigenvalue weighted by atomic mass is 19.1. The molecule has 2 aliphatic rings. The third-order valence-electron chi connectivity index (χ3n) is 4.25. The van der Waals surface area contributed by atoms with Gasteiger partial charge in [0, 0.05) is 18.2 Å². The highest BCUT2D eigenvalue weighted by Gasteiger charge is 2.55. The minimum Gasteiger partial charge on any atom is -0.295 e. The number of aromatic nitrogens is 1. The Morgan fingerprint density at radius 1 is 1.24 bits per heavy atom. The first-order chi connectivity index (χ1) is 10.0. The van der Waals surface area contributed by atoms with Gasteiger partial charge in [0.05, 0.1) is 5.69 Å². The Balaban J connectivity index is 2.12. The highest BCUT2D eigenvalue weighted by Crippen LogP contribution is 2.52.